The highest BCUT2D eigenvalue weighted by atomic mass is 32.2. The van der Waals surface area contributed by atoms with Crippen molar-refractivity contribution in [1.82, 2.24) is 9.88 Å². The lowest BCUT2D eigenvalue weighted by Crippen LogP contribution is -2.37. The summed E-state index contributed by atoms with van der Waals surface area (Å²) in [5.41, 5.74) is 1.48. The van der Waals surface area contributed by atoms with E-state index in [1.165, 1.54) is 11.8 Å². The van der Waals surface area contributed by atoms with Crippen molar-refractivity contribution < 1.29 is 19.1 Å². The highest BCUT2D eigenvalue weighted by molar-refractivity contribution is 7.99. The first-order valence-corrected chi connectivity index (χ1v) is 7.59. The van der Waals surface area contributed by atoms with Crippen LogP contribution in [0.4, 0.5) is 0 Å². The SMILES string of the molecule is COCCN(CCO)C(=O)CSc1nc2ccccc2o1. The van der Waals surface area contributed by atoms with Crippen LogP contribution in [0, 0.1) is 0 Å². The minimum atomic E-state index is -0.0756. The van der Waals surface area contributed by atoms with E-state index < -0.39 is 0 Å². The van der Waals surface area contributed by atoms with Gasteiger partial charge in [0.2, 0.25) is 5.91 Å². The van der Waals surface area contributed by atoms with E-state index in [1.54, 1.807) is 12.0 Å². The first kappa shape index (κ1) is 15.8. The topological polar surface area (TPSA) is 75.8 Å². The Bertz CT molecular complexity index is 554. The summed E-state index contributed by atoms with van der Waals surface area (Å²) < 4.78 is 10.5. The zero-order valence-corrected chi connectivity index (χ0v) is 12.6. The van der Waals surface area contributed by atoms with E-state index in [0.29, 0.717) is 30.5 Å². The molecule has 114 valence electrons. The van der Waals surface area contributed by atoms with E-state index in [9.17, 15) is 4.79 Å². The number of nitrogens with zero attached hydrogens (tertiary/aromatic N) is 2. The quantitative estimate of drug-likeness (QED) is 0.743. The van der Waals surface area contributed by atoms with Crippen LogP contribution in [0.5, 0.6) is 0 Å². The van der Waals surface area contributed by atoms with Crippen LogP contribution >= 0.6 is 11.8 Å². The Hall–Kier alpha value is -1.57. The van der Waals surface area contributed by atoms with Crippen LogP contribution in [0.3, 0.4) is 0 Å². The zero-order valence-electron chi connectivity index (χ0n) is 11.8. The monoisotopic (exact) mass is 310 g/mol. The first-order chi connectivity index (χ1) is 10.2. The number of oxazole rings is 1. The van der Waals surface area contributed by atoms with Crippen LogP contribution in [-0.4, -0.2) is 60.1 Å². The number of hydrogen-bond donors (Lipinski definition) is 1. The standard InChI is InChI=1S/C14H18N2O4S/c1-19-9-7-16(6-8-17)13(18)10-21-14-15-11-4-2-3-5-12(11)20-14/h2-5,17H,6-10H2,1H3. The van der Waals surface area contributed by atoms with Crippen molar-refractivity contribution >= 4 is 28.8 Å². The Balaban J connectivity index is 1.92. The average Bonchev–Trinajstić information content (AvgIpc) is 2.92. The van der Waals surface area contributed by atoms with Crippen LogP contribution < -0.4 is 0 Å². The molecule has 0 radical (unpaired) electrons. The third-order valence-electron chi connectivity index (χ3n) is 2.88. The highest BCUT2D eigenvalue weighted by Crippen LogP contribution is 2.23. The number of ether oxygens (including phenoxy) is 1. The Morgan fingerprint density at radius 2 is 2.24 bits per heavy atom. The highest BCUT2D eigenvalue weighted by Gasteiger charge is 2.15. The number of hydrogen-bond acceptors (Lipinski definition) is 6. The summed E-state index contributed by atoms with van der Waals surface area (Å²) in [5.74, 6) is 0.143. The summed E-state index contributed by atoms with van der Waals surface area (Å²) in [6.07, 6.45) is 0. The van der Waals surface area contributed by atoms with Crippen molar-refractivity contribution in [3.8, 4) is 0 Å². The molecule has 2 aromatic rings. The minimum absolute atomic E-state index is 0.0665. The molecule has 7 heteroatoms. The molecule has 2 rings (SSSR count). The van der Waals surface area contributed by atoms with Gasteiger partial charge in [-0.05, 0) is 12.1 Å². The summed E-state index contributed by atoms with van der Waals surface area (Å²) >= 11 is 1.25. The van der Waals surface area contributed by atoms with Gasteiger partial charge in [-0.25, -0.2) is 4.98 Å². The molecular formula is C14H18N2O4S. The molecule has 0 saturated heterocycles. The maximum absolute atomic E-state index is 12.1. The van der Waals surface area contributed by atoms with Gasteiger partial charge in [0, 0.05) is 20.2 Å². The number of para-hydroxylation sites is 2. The number of amides is 1. The average molecular weight is 310 g/mol. The number of benzene rings is 1. The molecule has 1 N–H and O–H groups in total. The zero-order chi connectivity index (χ0) is 15.1. The van der Waals surface area contributed by atoms with E-state index in [-0.39, 0.29) is 18.3 Å². The van der Waals surface area contributed by atoms with Crippen LogP contribution in [0.15, 0.2) is 33.9 Å². The second kappa shape index (κ2) is 8.02. The van der Waals surface area contributed by atoms with Crippen LogP contribution in [0.25, 0.3) is 11.1 Å². The number of methoxy groups -OCH3 is 1. The molecule has 0 atom stereocenters. The molecule has 1 aromatic carbocycles. The van der Waals surface area contributed by atoms with Crippen molar-refractivity contribution in [2.24, 2.45) is 0 Å². The number of aliphatic hydroxyl groups is 1. The van der Waals surface area contributed by atoms with Crippen LogP contribution in [-0.2, 0) is 9.53 Å². The lowest BCUT2D eigenvalue weighted by atomic mass is 10.3. The Kier molecular flexibility index (Phi) is 6.04. The fourth-order valence-corrected chi connectivity index (χ4v) is 2.55. The van der Waals surface area contributed by atoms with Crippen LogP contribution in [0.1, 0.15) is 0 Å². The Morgan fingerprint density at radius 3 is 2.95 bits per heavy atom. The lowest BCUT2D eigenvalue weighted by molar-refractivity contribution is -0.129. The molecule has 0 unspecified atom stereocenters. The molecule has 0 aliphatic rings. The fraction of sp³-hybridized carbons (Fsp3) is 0.429. The van der Waals surface area contributed by atoms with E-state index in [2.05, 4.69) is 4.98 Å². The summed E-state index contributed by atoms with van der Waals surface area (Å²) in [7, 11) is 1.58. The van der Waals surface area contributed by atoms with Gasteiger partial charge < -0.3 is 19.2 Å². The molecule has 0 spiro atoms. The van der Waals surface area contributed by atoms with E-state index in [1.807, 2.05) is 24.3 Å². The molecule has 0 saturated carbocycles. The predicted octanol–water partition coefficient (Wildman–Crippen LogP) is 1.39. The fourth-order valence-electron chi connectivity index (χ4n) is 1.81. The first-order valence-electron chi connectivity index (χ1n) is 6.60. The predicted molar refractivity (Wildman–Crippen MR) is 80.3 cm³/mol. The molecule has 0 fully saturated rings. The maximum Gasteiger partial charge on any atom is 0.257 e. The normalized spacial score (nSPS) is 11.0. The molecule has 1 heterocycles. The Labute approximate surface area is 127 Å². The van der Waals surface area contributed by atoms with Crippen molar-refractivity contribution in [1.29, 1.82) is 0 Å². The molecule has 1 aromatic heterocycles. The summed E-state index contributed by atoms with van der Waals surface area (Å²) in [6, 6.07) is 7.46. The number of aromatic nitrogens is 1. The molecule has 0 bridgehead atoms. The second-order valence-corrected chi connectivity index (χ2v) is 5.26. The minimum Gasteiger partial charge on any atom is -0.431 e. The van der Waals surface area contributed by atoms with Crippen LogP contribution in [0.2, 0.25) is 0 Å². The Morgan fingerprint density at radius 1 is 1.43 bits per heavy atom. The molecular weight excluding hydrogens is 292 g/mol. The number of thioether (sulfide) groups is 1. The smallest absolute Gasteiger partial charge is 0.257 e. The van der Waals surface area contributed by atoms with Gasteiger partial charge in [-0.15, -0.1) is 0 Å². The van der Waals surface area contributed by atoms with Crippen molar-refractivity contribution in [2.45, 2.75) is 5.22 Å². The third kappa shape index (κ3) is 4.45. The van der Waals surface area contributed by atoms with Gasteiger partial charge in [-0.1, -0.05) is 23.9 Å². The number of aliphatic hydroxyl groups excluding tert-OH is 1. The van der Waals surface area contributed by atoms with Gasteiger partial charge in [-0.3, -0.25) is 4.79 Å². The van der Waals surface area contributed by atoms with Crippen molar-refractivity contribution in [2.75, 3.05) is 39.2 Å². The molecule has 0 aliphatic carbocycles. The third-order valence-corrected chi connectivity index (χ3v) is 3.69. The summed E-state index contributed by atoms with van der Waals surface area (Å²) in [6.45, 7) is 1.14. The van der Waals surface area contributed by atoms with Gasteiger partial charge in [0.25, 0.3) is 5.22 Å². The molecule has 1 amide bonds. The van der Waals surface area contributed by atoms with Gasteiger partial charge in [0.05, 0.1) is 19.0 Å². The number of carbonyl (C=O) groups is 1. The van der Waals surface area contributed by atoms with Crippen molar-refractivity contribution in [3.63, 3.8) is 0 Å². The number of fused-ring (bicyclic) bond motifs is 1. The van der Waals surface area contributed by atoms with E-state index >= 15 is 0 Å². The second-order valence-electron chi connectivity index (χ2n) is 4.33. The van der Waals surface area contributed by atoms with E-state index in [0.717, 1.165) is 5.52 Å². The maximum atomic E-state index is 12.1. The van der Waals surface area contributed by atoms with Gasteiger partial charge in [-0.2, -0.15) is 0 Å². The number of carbonyl (C=O) groups excluding carboxylic acids is 1. The van der Waals surface area contributed by atoms with Gasteiger partial charge >= 0.3 is 0 Å². The summed E-state index contributed by atoms with van der Waals surface area (Å²) in [4.78, 5) is 18.0. The largest absolute Gasteiger partial charge is 0.431 e. The summed E-state index contributed by atoms with van der Waals surface area (Å²) in [5, 5.41) is 9.47. The molecule has 21 heavy (non-hydrogen) atoms. The molecule has 6 nitrogen and oxygen atoms in total. The molecule has 0 aliphatic heterocycles. The number of rotatable bonds is 8. The van der Waals surface area contributed by atoms with Gasteiger partial charge in [0.15, 0.2) is 5.58 Å². The van der Waals surface area contributed by atoms with E-state index in [4.69, 9.17) is 14.3 Å². The van der Waals surface area contributed by atoms with Gasteiger partial charge in [0.1, 0.15) is 5.52 Å². The lowest BCUT2D eigenvalue weighted by Gasteiger charge is -2.20. The van der Waals surface area contributed by atoms with Crippen molar-refractivity contribution in [3.05, 3.63) is 24.3 Å².